The van der Waals surface area contributed by atoms with Gasteiger partial charge < -0.3 is 19.7 Å². The van der Waals surface area contributed by atoms with E-state index in [0.29, 0.717) is 30.5 Å². The lowest BCUT2D eigenvalue weighted by molar-refractivity contribution is -0.143. The first-order chi connectivity index (χ1) is 35.7. The first-order valence-corrected chi connectivity index (χ1v) is 28.0. The molecular weight excluding hydrogens is 993 g/mol. The van der Waals surface area contributed by atoms with Crippen molar-refractivity contribution in [2.75, 3.05) is 6.61 Å². The van der Waals surface area contributed by atoms with E-state index in [1.54, 1.807) is 30.2 Å². The van der Waals surface area contributed by atoms with E-state index in [4.69, 9.17) is 9.47 Å². The number of hydrogen-bond acceptors (Lipinski definition) is 5. The predicted molar refractivity (Wildman–Crippen MR) is 313 cm³/mol. The van der Waals surface area contributed by atoms with Crippen molar-refractivity contribution in [3.63, 3.8) is 0 Å². The summed E-state index contributed by atoms with van der Waals surface area (Å²) in [5.41, 5.74) is 14.0. The van der Waals surface area contributed by atoms with Crippen LogP contribution in [-0.4, -0.2) is 28.8 Å². The van der Waals surface area contributed by atoms with E-state index >= 15 is 0 Å². The number of aliphatic carboxylic acids is 1. The fourth-order valence-corrected chi connectivity index (χ4v) is 10.6. The van der Waals surface area contributed by atoms with Gasteiger partial charge in [0.2, 0.25) is 0 Å². The summed E-state index contributed by atoms with van der Waals surface area (Å²) >= 11 is 3.55. The first-order valence-electron chi connectivity index (χ1n) is 26.8. The number of esters is 1. The largest absolute Gasteiger partial charge is 0.508 e. The van der Waals surface area contributed by atoms with Gasteiger partial charge in [0.15, 0.2) is 0 Å². The van der Waals surface area contributed by atoms with Gasteiger partial charge in [-0.25, -0.2) is 0 Å². The summed E-state index contributed by atoms with van der Waals surface area (Å²) in [4.78, 5) is 23.3. The summed E-state index contributed by atoms with van der Waals surface area (Å²) in [6.45, 7) is 21.5. The van der Waals surface area contributed by atoms with Gasteiger partial charge in [-0.2, -0.15) is 0 Å². The quantitative estimate of drug-likeness (QED) is 0.0537. The topological polar surface area (TPSA) is 93.1 Å². The van der Waals surface area contributed by atoms with Crippen LogP contribution in [0.4, 0.5) is 0 Å². The third-order valence-electron chi connectivity index (χ3n) is 15.2. The SMILES string of the molecule is CC1(C)CCC(C)(C)c2cc(CBr)ccc21.CC1(C)CCC(C)(C)c2cc(COc3ccc([C@H](/C=C/Cc4ccccc4)CC(=O)O)cc3)ccc21.CCOC(=O)C[C@@H](/C=C/Cc1ccccc1)c1ccc(O)cc1. The normalized spacial score (nSPS) is 16.5. The molecule has 0 amide bonds. The van der Waals surface area contributed by atoms with Crippen LogP contribution in [0.1, 0.15) is 168 Å². The van der Waals surface area contributed by atoms with Crippen molar-refractivity contribution in [2.45, 2.75) is 159 Å². The maximum absolute atomic E-state index is 11.8. The zero-order valence-corrected chi connectivity index (χ0v) is 47.6. The lowest BCUT2D eigenvalue weighted by Gasteiger charge is -2.42. The van der Waals surface area contributed by atoms with Gasteiger partial charge in [0.25, 0.3) is 0 Å². The molecule has 0 saturated heterocycles. The van der Waals surface area contributed by atoms with Crippen LogP contribution >= 0.6 is 15.9 Å². The molecule has 0 aromatic heterocycles. The molecule has 0 heterocycles. The van der Waals surface area contributed by atoms with E-state index in [2.05, 4.69) is 144 Å². The smallest absolute Gasteiger partial charge is 0.306 e. The highest BCUT2D eigenvalue weighted by Crippen LogP contribution is 2.47. The molecule has 6 aromatic carbocycles. The Balaban J connectivity index is 0.000000200. The summed E-state index contributed by atoms with van der Waals surface area (Å²) in [5, 5.41) is 19.8. The summed E-state index contributed by atoms with van der Waals surface area (Å²) in [5.74, 6) is -0.238. The predicted octanol–water partition coefficient (Wildman–Crippen LogP) is 17.1. The number of carboxylic acid groups (broad SMARTS) is 1. The zero-order valence-electron chi connectivity index (χ0n) is 46.0. The molecule has 0 saturated carbocycles. The number of benzene rings is 6. The standard InChI is InChI=1S/C33H38O3.C20H22O3.C15H21Br/c1-32(2)19-20-33(3,4)30-21-25(13-18-29(30)32)23-36-28-16-14-26(15-17-28)27(22-31(34)35)12-8-11-24-9-6-5-7-10-24;1-2-23-20(22)15-18(17-11-13-19(21)14-12-17)10-6-9-16-7-4-3-5-8-16;1-14(2)7-8-15(3,4)13-9-11(10-16)5-6-12(13)14/h5-10,12-18,21,27H,11,19-20,22-23H2,1-4H3,(H,34,35);3-8,10-14,18,21H,2,9,15H2,1H3;5-6,9H,7-8,10H2,1-4H3/b12-8+;10-6+;/t27-;18-;/m11./s1. The summed E-state index contributed by atoms with van der Waals surface area (Å²) in [6, 6.07) is 49.0. The number of hydrogen-bond donors (Lipinski definition) is 2. The van der Waals surface area contributed by atoms with Gasteiger partial charge in [0.05, 0.1) is 19.4 Å². The first kappa shape index (κ1) is 58.1. The maximum Gasteiger partial charge on any atom is 0.306 e. The van der Waals surface area contributed by atoms with E-state index in [1.807, 2.05) is 84.9 Å². The Labute approximate surface area is 457 Å². The number of phenols is 1. The molecule has 0 spiro atoms. The molecule has 0 aliphatic heterocycles. The fraction of sp³-hybridized carbons (Fsp3) is 0.382. The van der Waals surface area contributed by atoms with Crippen LogP contribution in [-0.2, 0) is 60.8 Å². The molecule has 0 bridgehead atoms. The van der Waals surface area contributed by atoms with Gasteiger partial charge in [-0.3, -0.25) is 9.59 Å². The second kappa shape index (κ2) is 26.5. The van der Waals surface area contributed by atoms with Crippen molar-refractivity contribution in [2.24, 2.45) is 0 Å². The van der Waals surface area contributed by atoms with E-state index in [-0.39, 0.29) is 40.8 Å². The number of halogens is 1. The molecular formula is C68H81BrO6. The molecule has 2 atom stereocenters. The average molecular weight is 1070 g/mol. The molecule has 6 nitrogen and oxygen atoms in total. The molecule has 75 heavy (non-hydrogen) atoms. The van der Waals surface area contributed by atoms with Crippen LogP contribution < -0.4 is 4.74 Å². The third-order valence-corrected chi connectivity index (χ3v) is 15.9. The van der Waals surface area contributed by atoms with Gasteiger partial charge in [-0.1, -0.05) is 217 Å². The fourth-order valence-electron chi connectivity index (χ4n) is 10.3. The van der Waals surface area contributed by atoms with Crippen molar-refractivity contribution in [3.8, 4) is 11.5 Å². The maximum atomic E-state index is 11.8. The van der Waals surface area contributed by atoms with Crippen LogP contribution in [0.2, 0.25) is 0 Å². The number of phenolic OH excluding ortho intramolecular Hbond substituents is 1. The zero-order chi connectivity index (χ0) is 54.2. The highest BCUT2D eigenvalue weighted by atomic mass is 79.9. The Bertz CT molecular complexity index is 2820. The molecule has 2 aliphatic carbocycles. The van der Waals surface area contributed by atoms with Crippen LogP contribution in [0, 0.1) is 0 Å². The number of alkyl halides is 1. The van der Waals surface area contributed by atoms with E-state index < -0.39 is 5.97 Å². The number of rotatable bonds is 17. The molecule has 0 fully saturated rings. The minimum absolute atomic E-state index is 0.0571. The van der Waals surface area contributed by atoms with Crippen molar-refractivity contribution in [1.82, 2.24) is 0 Å². The number of carboxylic acids is 1. The number of carbonyl (C=O) groups excluding carboxylic acids is 1. The number of aromatic hydroxyl groups is 1. The number of ether oxygens (including phenoxy) is 2. The molecule has 0 radical (unpaired) electrons. The Morgan fingerprint density at radius 2 is 0.973 bits per heavy atom. The molecule has 2 aliphatic rings. The highest BCUT2D eigenvalue weighted by Gasteiger charge is 2.38. The average Bonchev–Trinajstić information content (AvgIpc) is 3.39. The van der Waals surface area contributed by atoms with Crippen molar-refractivity contribution < 1.29 is 29.3 Å². The van der Waals surface area contributed by atoms with Crippen LogP contribution in [0.5, 0.6) is 11.5 Å². The van der Waals surface area contributed by atoms with Gasteiger partial charge >= 0.3 is 11.9 Å². The van der Waals surface area contributed by atoms with Gasteiger partial charge in [0.1, 0.15) is 18.1 Å². The minimum Gasteiger partial charge on any atom is -0.508 e. The Morgan fingerprint density at radius 1 is 0.547 bits per heavy atom. The van der Waals surface area contributed by atoms with Crippen LogP contribution in [0.3, 0.4) is 0 Å². The summed E-state index contributed by atoms with van der Waals surface area (Å²) < 4.78 is 11.2. The van der Waals surface area contributed by atoms with Gasteiger partial charge in [-0.05, 0) is 147 Å². The van der Waals surface area contributed by atoms with Crippen molar-refractivity contribution in [1.29, 1.82) is 0 Å². The summed E-state index contributed by atoms with van der Waals surface area (Å²) in [7, 11) is 0. The molecule has 2 N–H and O–H groups in total. The van der Waals surface area contributed by atoms with Crippen molar-refractivity contribution >= 4 is 27.9 Å². The highest BCUT2D eigenvalue weighted by molar-refractivity contribution is 9.08. The molecule has 8 rings (SSSR count). The second-order valence-corrected chi connectivity index (χ2v) is 23.5. The van der Waals surface area contributed by atoms with Gasteiger partial charge in [0, 0.05) is 17.2 Å². The Morgan fingerprint density at radius 3 is 1.43 bits per heavy atom. The van der Waals surface area contributed by atoms with E-state index in [0.717, 1.165) is 35.0 Å². The molecule has 396 valence electrons. The third kappa shape index (κ3) is 16.9. The summed E-state index contributed by atoms with van der Waals surface area (Å²) in [6.07, 6.45) is 15.1. The minimum atomic E-state index is -0.803. The number of carbonyl (C=O) groups is 2. The van der Waals surface area contributed by atoms with E-state index in [9.17, 15) is 19.8 Å². The van der Waals surface area contributed by atoms with Crippen molar-refractivity contribution in [3.05, 3.63) is 226 Å². The Hall–Kier alpha value is -6.18. The van der Waals surface area contributed by atoms with E-state index in [1.165, 1.54) is 59.1 Å². The second-order valence-electron chi connectivity index (χ2n) is 22.9. The molecule has 6 aromatic rings. The number of fused-ring (bicyclic) bond motifs is 2. The van der Waals surface area contributed by atoms with Crippen LogP contribution in [0.25, 0.3) is 0 Å². The molecule has 7 heteroatoms. The number of allylic oxidation sites excluding steroid dienone is 4. The lowest BCUT2D eigenvalue weighted by atomic mass is 9.63. The monoisotopic (exact) mass is 1070 g/mol. The lowest BCUT2D eigenvalue weighted by Crippen LogP contribution is -2.33. The molecule has 0 unspecified atom stereocenters. The van der Waals surface area contributed by atoms with Crippen LogP contribution in [0.15, 0.2) is 170 Å². The Kier molecular flexibility index (Phi) is 20.6. The van der Waals surface area contributed by atoms with Gasteiger partial charge in [-0.15, -0.1) is 0 Å².